The van der Waals surface area contributed by atoms with E-state index in [1.165, 1.54) is 12.1 Å². The number of esters is 1. The number of nitriles is 1. The lowest BCUT2D eigenvalue weighted by atomic mass is 10.2. The van der Waals surface area contributed by atoms with Crippen LogP contribution >= 0.6 is 0 Å². The third-order valence-corrected chi connectivity index (χ3v) is 1.90. The Balaban J connectivity index is 2.53. The molecule has 2 N–H and O–H groups in total. The minimum atomic E-state index is -0.647. The quantitative estimate of drug-likeness (QED) is 0.479. The molecule has 0 aliphatic rings. The van der Waals surface area contributed by atoms with Crippen molar-refractivity contribution in [1.82, 2.24) is 0 Å². The largest absolute Gasteiger partial charge is 0.462 e. The fourth-order valence-corrected chi connectivity index (χ4v) is 1.05. The molecule has 4 nitrogen and oxygen atoms in total. The summed E-state index contributed by atoms with van der Waals surface area (Å²) in [5.41, 5.74) is 5.37. The Morgan fingerprint density at radius 2 is 2.31 bits per heavy atom. The maximum atomic E-state index is 13.0. The van der Waals surface area contributed by atoms with Gasteiger partial charge in [0.25, 0.3) is 0 Å². The fourth-order valence-electron chi connectivity index (χ4n) is 1.05. The molecule has 0 spiro atoms. The van der Waals surface area contributed by atoms with Gasteiger partial charge in [-0.25, -0.2) is 9.18 Å². The van der Waals surface area contributed by atoms with Gasteiger partial charge in [-0.3, -0.25) is 0 Å². The van der Waals surface area contributed by atoms with Crippen LogP contribution in [-0.4, -0.2) is 12.6 Å². The van der Waals surface area contributed by atoms with Crippen molar-refractivity contribution in [2.45, 2.75) is 12.8 Å². The molecule has 0 bridgehead atoms. The summed E-state index contributed by atoms with van der Waals surface area (Å²) in [7, 11) is 0. The highest BCUT2D eigenvalue weighted by atomic mass is 19.1. The second kappa shape index (κ2) is 5.71. The molecule has 0 fully saturated rings. The molecule has 0 aliphatic heterocycles. The van der Waals surface area contributed by atoms with Gasteiger partial charge in [0.05, 0.1) is 23.9 Å². The average Bonchev–Trinajstić information content (AvgIpc) is 2.28. The van der Waals surface area contributed by atoms with Crippen LogP contribution in [0.15, 0.2) is 18.2 Å². The molecule has 1 aromatic carbocycles. The van der Waals surface area contributed by atoms with Crippen LogP contribution in [0.1, 0.15) is 23.2 Å². The van der Waals surface area contributed by atoms with Crippen LogP contribution in [0, 0.1) is 17.1 Å². The zero-order valence-electron chi connectivity index (χ0n) is 8.57. The summed E-state index contributed by atoms with van der Waals surface area (Å²) >= 11 is 0. The van der Waals surface area contributed by atoms with Gasteiger partial charge >= 0.3 is 5.97 Å². The van der Waals surface area contributed by atoms with E-state index >= 15 is 0 Å². The number of hydrogen-bond acceptors (Lipinski definition) is 4. The van der Waals surface area contributed by atoms with Crippen LogP contribution in [0.4, 0.5) is 10.1 Å². The van der Waals surface area contributed by atoms with Crippen molar-refractivity contribution in [3.8, 4) is 6.07 Å². The molecule has 0 saturated carbocycles. The number of halogens is 1. The highest BCUT2D eigenvalue weighted by molar-refractivity contribution is 5.89. The number of nitrogen functional groups attached to an aromatic ring is 1. The van der Waals surface area contributed by atoms with Crippen molar-refractivity contribution in [2.24, 2.45) is 0 Å². The van der Waals surface area contributed by atoms with E-state index in [1.54, 1.807) is 0 Å². The lowest BCUT2D eigenvalue weighted by Crippen LogP contribution is -2.07. The van der Waals surface area contributed by atoms with Gasteiger partial charge in [0.1, 0.15) is 5.82 Å². The number of carbonyl (C=O) groups is 1. The predicted octanol–water partition coefficient (Wildman–Crippen LogP) is 1.87. The van der Waals surface area contributed by atoms with Gasteiger partial charge in [0.2, 0.25) is 0 Å². The molecule has 1 rings (SSSR count). The second-order valence-corrected chi connectivity index (χ2v) is 3.13. The lowest BCUT2D eigenvalue weighted by molar-refractivity contribution is 0.0501. The Bertz CT molecular complexity index is 426. The van der Waals surface area contributed by atoms with Gasteiger partial charge in [-0.15, -0.1) is 0 Å². The Morgan fingerprint density at radius 1 is 1.56 bits per heavy atom. The topological polar surface area (TPSA) is 76.1 Å². The average molecular weight is 222 g/mol. The predicted molar refractivity (Wildman–Crippen MR) is 55.9 cm³/mol. The molecule has 0 unspecified atom stereocenters. The van der Waals surface area contributed by atoms with E-state index in [2.05, 4.69) is 0 Å². The summed E-state index contributed by atoms with van der Waals surface area (Å²) in [5.74, 6) is -1.26. The number of ether oxygens (including phenoxy) is 1. The maximum absolute atomic E-state index is 13.0. The number of benzene rings is 1. The molecule has 16 heavy (non-hydrogen) atoms. The SMILES string of the molecule is N#CCCCOC(=O)c1ccc(N)c(F)c1. The molecule has 5 heteroatoms. The summed E-state index contributed by atoms with van der Waals surface area (Å²) < 4.78 is 17.8. The minimum Gasteiger partial charge on any atom is -0.462 e. The number of hydrogen-bond donors (Lipinski definition) is 1. The van der Waals surface area contributed by atoms with Crippen molar-refractivity contribution in [2.75, 3.05) is 12.3 Å². The van der Waals surface area contributed by atoms with Crippen molar-refractivity contribution < 1.29 is 13.9 Å². The van der Waals surface area contributed by atoms with Crippen LogP contribution in [0.25, 0.3) is 0 Å². The van der Waals surface area contributed by atoms with E-state index in [-0.39, 0.29) is 17.9 Å². The standard InChI is InChI=1S/C11H11FN2O2/c12-9-7-8(3-4-10(9)14)11(15)16-6-2-1-5-13/h3-4,7H,1-2,6,14H2. The Morgan fingerprint density at radius 3 is 2.94 bits per heavy atom. The van der Waals surface area contributed by atoms with Gasteiger partial charge in [-0.2, -0.15) is 5.26 Å². The highest BCUT2D eigenvalue weighted by Crippen LogP contribution is 2.12. The molecule has 0 saturated heterocycles. The summed E-state index contributed by atoms with van der Waals surface area (Å²) in [4.78, 5) is 11.4. The zero-order chi connectivity index (χ0) is 12.0. The Labute approximate surface area is 92.4 Å². The normalized spacial score (nSPS) is 9.50. The first-order valence-electron chi connectivity index (χ1n) is 4.74. The van der Waals surface area contributed by atoms with E-state index in [1.807, 2.05) is 6.07 Å². The van der Waals surface area contributed by atoms with E-state index < -0.39 is 11.8 Å². The smallest absolute Gasteiger partial charge is 0.338 e. The summed E-state index contributed by atoms with van der Waals surface area (Å²) in [6, 6.07) is 5.66. The van der Waals surface area contributed by atoms with Crippen LogP contribution in [0.2, 0.25) is 0 Å². The van der Waals surface area contributed by atoms with Gasteiger partial charge in [-0.1, -0.05) is 0 Å². The van der Waals surface area contributed by atoms with Gasteiger partial charge in [-0.05, 0) is 24.6 Å². The Hall–Kier alpha value is -2.09. The van der Waals surface area contributed by atoms with E-state index in [0.29, 0.717) is 12.8 Å². The van der Waals surface area contributed by atoms with Crippen LogP contribution in [0.5, 0.6) is 0 Å². The van der Waals surface area contributed by atoms with Gasteiger partial charge in [0, 0.05) is 6.42 Å². The van der Waals surface area contributed by atoms with Crippen molar-refractivity contribution >= 4 is 11.7 Å². The molecule has 0 atom stereocenters. The van der Waals surface area contributed by atoms with Crippen LogP contribution in [0.3, 0.4) is 0 Å². The number of unbranched alkanes of at least 4 members (excludes halogenated alkanes) is 1. The van der Waals surface area contributed by atoms with Crippen LogP contribution in [-0.2, 0) is 4.74 Å². The molecule has 0 amide bonds. The van der Waals surface area contributed by atoms with E-state index in [4.69, 9.17) is 15.7 Å². The second-order valence-electron chi connectivity index (χ2n) is 3.13. The molecular formula is C11H11FN2O2. The molecule has 0 aliphatic carbocycles. The number of carbonyl (C=O) groups excluding carboxylic acids is 1. The van der Waals surface area contributed by atoms with Gasteiger partial charge in [0.15, 0.2) is 0 Å². The van der Waals surface area contributed by atoms with E-state index in [9.17, 15) is 9.18 Å². The third-order valence-electron chi connectivity index (χ3n) is 1.90. The molecule has 0 radical (unpaired) electrons. The molecule has 84 valence electrons. The fraction of sp³-hybridized carbons (Fsp3) is 0.273. The lowest BCUT2D eigenvalue weighted by Gasteiger charge is -2.04. The monoisotopic (exact) mass is 222 g/mol. The number of nitrogens with zero attached hydrogens (tertiary/aromatic N) is 1. The number of anilines is 1. The molecule has 0 aromatic heterocycles. The molecular weight excluding hydrogens is 211 g/mol. The van der Waals surface area contributed by atoms with Crippen molar-refractivity contribution in [1.29, 1.82) is 5.26 Å². The molecule has 1 aromatic rings. The summed E-state index contributed by atoms with van der Waals surface area (Å²) in [6.45, 7) is 0.151. The summed E-state index contributed by atoms with van der Waals surface area (Å²) in [5, 5.41) is 8.26. The first kappa shape index (κ1) is 12.0. The maximum Gasteiger partial charge on any atom is 0.338 e. The first-order chi connectivity index (χ1) is 7.65. The van der Waals surface area contributed by atoms with Gasteiger partial charge < -0.3 is 10.5 Å². The minimum absolute atomic E-state index is 0.0129. The number of nitrogens with two attached hydrogens (primary N) is 1. The van der Waals surface area contributed by atoms with Crippen molar-refractivity contribution in [3.63, 3.8) is 0 Å². The summed E-state index contributed by atoms with van der Waals surface area (Å²) in [6.07, 6.45) is 0.795. The third kappa shape index (κ3) is 3.24. The molecule has 0 heterocycles. The van der Waals surface area contributed by atoms with Crippen molar-refractivity contribution in [3.05, 3.63) is 29.6 Å². The highest BCUT2D eigenvalue weighted by Gasteiger charge is 2.09. The number of rotatable bonds is 4. The van der Waals surface area contributed by atoms with Crippen LogP contribution < -0.4 is 5.73 Å². The van der Waals surface area contributed by atoms with E-state index in [0.717, 1.165) is 6.07 Å². The first-order valence-corrected chi connectivity index (χ1v) is 4.74. The zero-order valence-corrected chi connectivity index (χ0v) is 8.57. The Kier molecular flexibility index (Phi) is 4.28.